The van der Waals surface area contributed by atoms with Gasteiger partial charge in [0.2, 0.25) is 0 Å². The number of amides is 1. The van der Waals surface area contributed by atoms with Gasteiger partial charge in [0.15, 0.2) is 16.3 Å². The van der Waals surface area contributed by atoms with Gasteiger partial charge in [0.05, 0.1) is 50.0 Å². The minimum atomic E-state index is -0.712. The number of azide groups is 1. The number of halogens is 2. The maximum Gasteiger partial charge on any atom is 0.355 e. The summed E-state index contributed by atoms with van der Waals surface area (Å²) in [5.41, 5.74) is 19.0. The van der Waals surface area contributed by atoms with Crippen molar-refractivity contribution in [3.8, 4) is 17.1 Å². The summed E-state index contributed by atoms with van der Waals surface area (Å²) >= 11 is 11.3. The maximum atomic E-state index is 13.3. The fraction of sp³-hybridized carbons (Fsp3) is 0.0882. The molecular formula is C68H56Cl2N8O11. The van der Waals surface area contributed by atoms with Gasteiger partial charge in [0.1, 0.15) is 17.1 Å². The normalized spacial score (nSPS) is 10.4. The molecule has 448 valence electrons. The summed E-state index contributed by atoms with van der Waals surface area (Å²) in [6.45, 7) is -0.430. The predicted molar refractivity (Wildman–Crippen MR) is 345 cm³/mol. The lowest BCUT2D eigenvalue weighted by Gasteiger charge is -2.19. The van der Waals surface area contributed by atoms with Crippen molar-refractivity contribution in [3.63, 3.8) is 0 Å². The van der Waals surface area contributed by atoms with Crippen LogP contribution in [0.4, 0.5) is 0 Å². The maximum absolute atomic E-state index is 13.3. The molecule has 0 radical (unpaired) electrons. The molecule has 0 aliphatic heterocycles. The number of carbonyl (C=O) groups is 5. The van der Waals surface area contributed by atoms with Crippen LogP contribution in [0.25, 0.3) is 60.2 Å². The molecule has 3 heterocycles. The number of ether oxygens (including phenoxy) is 3. The monoisotopic (exact) mass is 1230 g/mol. The molecule has 11 rings (SSSR count). The molecule has 89 heavy (non-hydrogen) atoms. The topological polar surface area (TPSA) is 266 Å². The smallest absolute Gasteiger partial charge is 0.355 e. The molecule has 19 nitrogen and oxygen atoms in total. The second-order valence-corrected chi connectivity index (χ2v) is 19.7. The number of aromatic nitrogens is 3. The van der Waals surface area contributed by atoms with Crippen LogP contribution in [0, 0.1) is 0 Å². The lowest BCUT2D eigenvalue weighted by molar-refractivity contribution is 0.0580. The van der Waals surface area contributed by atoms with Gasteiger partial charge in [0.25, 0.3) is 11.1 Å². The molecule has 3 N–H and O–H groups in total. The van der Waals surface area contributed by atoms with Crippen molar-refractivity contribution in [1.29, 1.82) is 0 Å². The van der Waals surface area contributed by atoms with Crippen LogP contribution in [0.2, 0.25) is 5.02 Å². The number of nitrogens with zero attached hydrogens (tertiary/aromatic N) is 6. The van der Waals surface area contributed by atoms with Crippen LogP contribution in [0.15, 0.2) is 238 Å². The van der Waals surface area contributed by atoms with Crippen LogP contribution in [0.3, 0.4) is 0 Å². The van der Waals surface area contributed by atoms with Gasteiger partial charge in [-0.1, -0.05) is 144 Å². The molecule has 0 aliphatic rings. The van der Waals surface area contributed by atoms with Crippen molar-refractivity contribution < 1.29 is 39.6 Å². The van der Waals surface area contributed by atoms with E-state index in [1.807, 2.05) is 84.9 Å². The zero-order chi connectivity index (χ0) is 63.6. The van der Waals surface area contributed by atoms with Gasteiger partial charge in [-0.05, 0) is 108 Å². The highest BCUT2D eigenvalue weighted by Crippen LogP contribution is 2.28. The molecule has 0 saturated carbocycles. The highest BCUT2D eigenvalue weighted by Gasteiger charge is 2.27. The van der Waals surface area contributed by atoms with E-state index >= 15 is 0 Å². The average Bonchev–Trinajstić information content (AvgIpc) is 0.821. The number of benzene rings is 8. The number of hydrogen-bond donors (Lipinski definition) is 2. The van der Waals surface area contributed by atoms with Crippen LogP contribution in [-0.2, 0) is 33.8 Å². The summed E-state index contributed by atoms with van der Waals surface area (Å²) < 4.78 is 19.8. The molecule has 0 bridgehead atoms. The van der Waals surface area contributed by atoms with Gasteiger partial charge in [-0.3, -0.25) is 24.0 Å². The largest absolute Gasteiger partial charge is 0.464 e. The number of carbonyl (C=O) groups excluding carboxylic acids is 5. The zero-order valence-corrected chi connectivity index (χ0v) is 49.4. The Morgan fingerprint density at radius 3 is 1.27 bits per heavy atom. The van der Waals surface area contributed by atoms with Crippen LogP contribution < -0.4 is 27.3 Å². The van der Waals surface area contributed by atoms with Crippen molar-refractivity contribution in [2.45, 2.75) is 19.6 Å². The zero-order valence-electron chi connectivity index (χ0n) is 47.9. The second kappa shape index (κ2) is 30.2. The summed E-state index contributed by atoms with van der Waals surface area (Å²) in [4.78, 5) is 102. The van der Waals surface area contributed by atoms with Crippen molar-refractivity contribution in [2.24, 2.45) is 10.8 Å². The van der Waals surface area contributed by atoms with Crippen LogP contribution in [0.5, 0.6) is 0 Å². The molecular weight excluding hydrogens is 1180 g/mol. The minimum Gasteiger partial charge on any atom is -0.464 e. The van der Waals surface area contributed by atoms with Crippen LogP contribution >= 0.6 is 23.2 Å². The number of rotatable bonds is 13. The van der Waals surface area contributed by atoms with Crippen molar-refractivity contribution in [2.75, 3.05) is 21.3 Å². The number of esters is 3. The molecule has 1 amide bonds. The van der Waals surface area contributed by atoms with E-state index in [0.29, 0.717) is 60.2 Å². The number of hydrogen-bond acceptors (Lipinski definition) is 13. The number of nitrogens with one attached hydrogen (secondary N) is 1. The first-order valence-electron chi connectivity index (χ1n) is 27.1. The minimum absolute atomic E-state index is 0. The Morgan fingerprint density at radius 2 is 0.854 bits per heavy atom. The lowest BCUT2D eigenvalue weighted by atomic mass is 10.1. The van der Waals surface area contributed by atoms with E-state index in [-0.39, 0.29) is 71.6 Å². The van der Waals surface area contributed by atoms with E-state index in [0.717, 1.165) is 5.69 Å². The first-order chi connectivity index (χ1) is 43.2. The molecule has 8 aromatic carbocycles. The van der Waals surface area contributed by atoms with E-state index < -0.39 is 28.6 Å². The summed E-state index contributed by atoms with van der Waals surface area (Å²) in [7, 11) is 3.78. The second-order valence-electron chi connectivity index (χ2n) is 18.9. The third-order valence-electron chi connectivity index (χ3n) is 13.7. The first-order valence-corrected chi connectivity index (χ1v) is 27.9. The summed E-state index contributed by atoms with van der Waals surface area (Å²) in [6, 6.07) is 64.0. The van der Waals surface area contributed by atoms with E-state index in [2.05, 4.69) is 15.3 Å². The standard InChI is InChI=1S/C25H20N2O4.C18H13ClN4O3.C18H16N2O3.C7H5ClO.H2/c1-31-25(30)22-20(16-26-24(29)17-10-4-2-5-11-17)23(28)19-14-8-9-15-21(19)27(22)18-12-6-3-7-13-18;1-26-18(25)16-14(10-21-22-20)17(24)13-8-7-11(19)9-15(13)23(16)12-5-3-2-4-6-12;1-23-18(22)16-14(11-19)17(21)13-9-5-6-10-15(13)20(16)12-7-3-2-4-8-12;8-7(9)6-4-2-1-3-5-6;/h2-15H,16H2,1H3,(H,26,29);2-9H,10H2,1H3;2-10H,11,19H2,1H3;1-5H;1H. The third-order valence-corrected chi connectivity index (χ3v) is 14.2. The number of fused-ring (bicyclic) bond motifs is 3. The molecule has 3 aromatic heterocycles. The fourth-order valence-corrected chi connectivity index (χ4v) is 9.97. The summed E-state index contributed by atoms with van der Waals surface area (Å²) in [5.74, 6) is -2.29. The molecule has 0 unspecified atom stereocenters. The Labute approximate surface area is 519 Å². The summed E-state index contributed by atoms with van der Waals surface area (Å²) in [6.07, 6.45) is 0. The molecule has 0 saturated heterocycles. The molecule has 0 aliphatic carbocycles. The van der Waals surface area contributed by atoms with Crippen molar-refractivity contribution in [1.82, 2.24) is 19.0 Å². The fourth-order valence-electron chi connectivity index (χ4n) is 9.68. The molecule has 0 spiro atoms. The molecule has 0 fully saturated rings. The highest BCUT2D eigenvalue weighted by atomic mass is 35.5. The molecule has 11 aromatic rings. The molecule has 0 atom stereocenters. The number of para-hydroxylation sites is 5. The Kier molecular flexibility index (Phi) is 21.7. The Hall–Kier alpha value is -11.2. The predicted octanol–water partition coefficient (Wildman–Crippen LogP) is 12.5. The van der Waals surface area contributed by atoms with Crippen molar-refractivity contribution in [3.05, 3.63) is 309 Å². The quantitative estimate of drug-likeness (QED) is 0.0273. The van der Waals surface area contributed by atoms with Gasteiger partial charge in [-0.25, -0.2) is 14.4 Å². The van der Waals surface area contributed by atoms with Crippen LogP contribution in [0.1, 0.15) is 70.3 Å². The summed E-state index contributed by atoms with van der Waals surface area (Å²) in [5, 5.41) is 7.56. The van der Waals surface area contributed by atoms with E-state index in [1.165, 1.54) is 21.3 Å². The SMILES string of the molecule is COC(=O)c1c(CN)c(=O)c2ccccc2n1-c1ccccc1.COC(=O)c1c(CN=[N+]=[N-])c(=O)c2ccc(Cl)cc2n1-c1ccccc1.COC(=O)c1c(CNC(=O)c2ccccc2)c(=O)c2ccccc2n1-c1ccccc1.O=C(Cl)c1ccccc1.[HH]. The Balaban J connectivity index is 0.000000180. The van der Waals surface area contributed by atoms with Gasteiger partial charge in [-0.15, -0.1) is 0 Å². The first kappa shape index (κ1) is 63.8. The highest BCUT2D eigenvalue weighted by molar-refractivity contribution is 6.67. The van der Waals surface area contributed by atoms with Gasteiger partial charge in [-0.2, -0.15) is 0 Å². The average molecular weight is 1230 g/mol. The molecule has 21 heteroatoms. The number of nitrogens with two attached hydrogens (primary N) is 1. The van der Waals surface area contributed by atoms with Gasteiger partial charge >= 0.3 is 17.9 Å². The van der Waals surface area contributed by atoms with E-state index in [4.69, 9.17) is 48.7 Å². The van der Waals surface area contributed by atoms with E-state index in [9.17, 15) is 38.4 Å². The third kappa shape index (κ3) is 14.4. The Morgan fingerprint density at radius 1 is 0.494 bits per heavy atom. The van der Waals surface area contributed by atoms with Gasteiger partial charge < -0.3 is 39.0 Å². The number of methoxy groups -OCH3 is 3. The van der Waals surface area contributed by atoms with Gasteiger partial charge in [0, 0.05) is 79.9 Å². The Bertz CT molecular complexity index is 4670. The van der Waals surface area contributed by atoms with Crippen LogP contribution in [-0.4, -0.2) is 64.1 Å². The lowest BCUT2D eigenvalue weighted by Crippen LogP contribution is -2.31. The van der Waals surface area contributed by atoms with E-state index in [1.54, 1.807) is 147 Å². The number of pyridine rings is 3. The van der Waals surface area contributed by atoms with Crippen molar-refractivity contribution >= 4 is 85.0 Å².